The van der Waals surface area contributed by atoms with Crippen LogP contribution in [0.25, 0.3) is 0 Å². The van der Waals surface area contributed by atoms with E-state index in [1.165, 1.54) is 0 Å². The van der Waals surface area contributed by atoms with Gasteiger partial charge in [-0.1, -0.05) is 20.8 Å². The first-order chi connectivity index (χ1) is 9.51. The standard InChI is InChI=1S/C15H32N4O2/c1-11(2)8-17-13(16)18-9-12(3)10-19(7)14(20)21-15(4,5)6/h11-12H,8-10H2,1-7H3,(H3,16,17,18). The maximum absolute atomic E-state index is 11.8. The molecule has 0 spiro atoms. The Morgan fingerprint density at radius 3 is 2.38 bits per heavy atom. The third kappa shape index (κ3) is 10.9. The summed E-state index contributed by atoms with van der Waals surface area (Å²) in [7, 11) is 1.74. The van der Waals surface area contributed by atoms with Gasteiger partial charge in [0.15, 0.2) is 5.96 Å². The monoisotopic (exact) mass is 300 g/mol. The first-order valence-electron chi connectivity index (χ1n) is 7.49. The van der Waals surface area contributed by atoms with E-state index in [-0.39, 0.29) is 12.0 Å². The van der Waals surface area contributed by atoms with Crippen LogP contribution in [0.5, 0.6) is 0 Å². The smallest absolute Gasteiger partial charge is 0.410 e. The zero-order chi connectivity index (χ0) is 16.6. The van der Waals surface area contributed by atoms with Crippen molar-refractivity contribution in [3.8, 4) is 0 Å². The number of nitrogens with one attached hydrogen (secondary N) is 1. The molecule has 0 aliphatic rings. The second-order valence-electron chi connectivity index (χ2n) is 6.97. The van der Waals surface area contributed by atoms with Crippen LogP contribution in [-0.4, -0.2) is 49.2 Å². The topological polar surface area (TPSA) is 80.0 Å². The van der Waals surface area contributed by atoms with Gasteiger partial charge in [-0.2, -0.15) is 0 Å². The van der Waals surface area contributed by atoms with Gasteiger partial charge in [-0.05, 0) is 32.6 Å². The van der Waals surface area contributed by atoms with E-state index in [1.807, 2.05) is 27.7 Å². The second-order valence-corrected chi connectivity index (χ2v) is 6.97. The van der Waals surface area contributed by atoms with Crippen LogP contribution in [0.4, 0.5) is 4.79 Å². The summed E-state index contributed by atoms with van der Waals surface area (Å²) in [4.78, 5) is 17.7. The fourth-order valence-electron chi connectivity index (χ4n) is 1.56. The van der Waals surface area contributed by atoms with Crippen molar-refractivity contribution in [2.24, 2.45) is 22.6 Å². The first-order valence-corrected chi connectivity index (χ1v) is 7.49. The number of carbonyl (C=O) groups excluding carboxylic acids is 1. The molecule has 0 aromatic rings. The molecular formula is C15H32N4O2. The van der Waals surface area contributed by atoms with E-state index in [9.17, 15) is 4.79 Å². The van der Waals surface area contributed by atoms with E-state index in [0.717, 1.165) is 0 Å². The van der Waals surface area contributed by atoms with E-state index in [0.29, 0.717) is 31.5 Å². The lowest BCUT2D eigenvalue weighted by molar-refractivity contribution is 0.0278. The minimum Gasteiger partial charge on any atom is -0.444 e. The summed E-state index contributed by atoms with van der Waals surface area (Å²) in [6.07, 6.45) is -0.309. The van der Waals surface area contributed by atoms with Crippen molar-refractivity contribution < 1.29 is 9.53 Å². The third-order valence-electron chi connectivity index (χ3n) is 2.55. The van der Waals surface area contributed by atoms with Gasteiger partial charge in [-0.15, -0.1) is 0 Å². The Bertz CT molecular complexity index is 348. The summed E-state index contributed by atoms with van der Waals surface area (Å²) in [5.74, 6) is 1.19. The van der Waals surface area contributed by atoms with Crippen molar-refractivity contribution in [1.29, 1.82) is 0 Å². The van der Waals surface area contributed by atoms with Crippen LogP contribution in [0.1, 0.15) is 41.5 Å². The maximum atomic E-state index is 11.8. The van der Waals surface area contributed by atoms with Gasteiger partial charge in [-0.25, -0.2) is 4.79 Å². The predicted octanol–water partition coefficient (Wildman–Crippen LogP) is 2.05. The fourth-order valence-corrected chi connectivity index (χ4v) is 1.56. The van der Waals surface area contributed by atoms with E-state index >= 15 is 0 Å². The number of nitrogens with zero attached hydrogens (tertiary/aromatic N) is 2. The molecule has 0 heterocycles. The zero-order valence-electron chi connectivity index (χ0n) is 14.6. The summed E-state index contributed by atoms with van der Waals surface area (Å²) in [6, 6.07) is 0. The Morgan fingerprint density at radius 1 is 1.33 bits per heavy atom. The van der Waals surface area contributed by atoms with Gasteiger partial charge in [-0.3, -0.25) is 4.99 Å². The Balaban J connectivity index is 4.11. The SMILES string of the molecule is CC(C)CN=C(N)NCC(C)CN(C)C(=O)OC(C)(C)C. The normalized spacial score (nSPS) is 14.0. The molecule has 124 valence electrons. The lowest BCUT2D eigenvalue weighted by Crippen LogP contribution is -2.41. The van der Waals surface area contributed by atoms with Crippen molar-refractivity contribution in [3.05, 3.63) is 0 Å². The number of guanidine groups is 1. The molecule has 0 aliphatic carbocycles. The summed E-state index contributed by atoms with van der Waals surface area (Å²) in [5.41, 5.74) is 5.31. The molecule has 0 saturated heterocycles. The lowest BCUT2D eigenvalue weighted by atomic mass is 10.1. The largest absolute Gasteiger partial charge is 0.444 e. The Labute approximate surface area is 129 Å². The molecule has 0 fully saturated rings. The molecule has 0 radical (unpaired) electrons. The highest BCUT2D eigenvalue weighted by molar-refractivity contribution is 5.77. The third-order valence-corrected chi connectivity index (χ3v) is 2.55. The van der Waals surface area contributed by atoms with Crippen LogP contribution < -0.4 is 11.1 Å². The number of aliphatic imine (C=N–C) groups is 1. The maximum Gasteiger partial charge on any atom is 0.410 e. The average molecular weight is 300 g/mol. The predicted molar refractivity (Wildman–Crippen MR) is 87.4 cm³/mol. The number of hydrogen-bond donors (Lipinski definition) is 2. The van der Waals surface area contributed by atoms with Crippen molar-refractivity contribution in [3.63, 3.8) is 0 Å². The van der Waals surface area contributed by atoms with Crippen LogP contribution >= 0.6 is 0 Å². The van der Waals surface area contributed by atoms with Gasteiger partial charge in [0, 0.05) is 26.7 Å². The lowest BCUT2D eigenvalue weighted by Gasteiger charge is -2.26. The molecule has 0 saturated carbocycles. The van der Waals surface area contributed by atoms with E-state index in [1.54, 1.807) is 11.9 Å². The van der Waals surface area contributed by atoms with Crippen LogP contribution in [0.15, 0.2) is 4.99 Å². The highest BCUT2D eigenvalue weighted by Gasteiger charge is 2.20. The fraction of sp³-hybridized carbons (Fsp3) is 0.867. The van der Waals surface area contributed by atoms with Crippen LogP contribution in [0.2, 0.25) is 0 Å². The van der Waals surface area contributed by atoms with Gasteiger partial charge >= 0.3 is 6.09 Å². The molecule has 0 bridgehead atoms. The molecule has 0 aliphatic heterocycles. The minimum atomic E-state index is -0.471. The summed E-state index contributed by atoms with van der Waals surface area (Å²) < 4.78 is 5.31. The quantitative estimate of drug-likeness (QED) is 0.581. The highest BCUT2D eigenvalue weighted by atomic mass is 16.6. The van der Waals surface area contributed by atoms with Gasteiger partial charge in [0.2, 0.25) is 0 Å². The molecule has 1 atom stereocenters. The number of carbonyl (C=O) groups is 1. The average Bonchev–Trinajstić information content (AvgIpc) is 2.31. The molecule has 3 N–H and O–H groups in total. The number of nitrogens with two attached hydrogens (primary N) is 1. The Morgan fingerprint density at radius 2 is 1.90 bits per heavy atom. The number of hydrogen-bond acceptors (Lipinski definition) is 3. The van der Waals surface area contributed by atoms with Crippen LogP contribution in [0.3, 0.4) is 0 Å². The van der Waals surface area contributed by atoms with Gasteiger partial charge in [0.25, 0.3) is 0 Å². The molecule has 0 aromatic carbocycles. The van der Waals surface area contributed by atoms with E-state index in [2.05, 4.69) is 24.2 Å². The summed E-state index contributed by atoms with van der Waals surface area (Å²) >= 11 is 0. The Kier molecular flexibility index (Phi) is 8.14. The highest BCUT2D eigenvalue weighted by Crippen LogP contribution is 2.10. The molecule has 21 heavy (non-hydrogen) atoms. The molecule has 0 rings (SSSR count). The molecule has 1 unspecified atom stereocenters. The number of amides is 1. The van der Waals surface area contributed by atoms with Gasteiger partial charge in [0.05, 0.1) is 0 Å². The minimum absolute atomic E-state index is 0.246. The Hall–Kier alpha value is -1.46. The van der Waals surface area contributed by atoms with E-state index < -0.39 is 5.60 Å². The van der Waals surface area contributed by atoms with Gasteiger partial charge in [0.1, 0.15) is 5.60 Å². The number of rotatable bonds is 6. The first kappa shape index (κ1) is 19.5. The van der Waals surface area contributed by atoms with Gasteiger partial charge < -0.3 is 20.7 Å². The van der Waals surface area contributed by atoms with Crippen molar-refractivity contribution in [1.82, 2.24) is 10.2 Å². The van der Waals surface area contributed by atoms with Crippen molar-refractivity contribution in [2.75, 3.05) is 26.7 Å². The van der Waals surface area contributed by atoms with Crippen LogP contribution in [-0.2, 0) is 4.74 Å². The molecular weight excluding hydrogens is 268 g/mol. The molecule has 6 heteroatoms. The molecule has 0 aromatic heterocycles. The number of ether oxygens (including phenoxy) is 1. The van der Waals surface area contributed by atoms with Crippen LogP contribution in [0, 0.1) is 11.8 Å². The van der Waals surface area contributed by atoms with E-state index in [4.69, 9.17) is 10.5 Å². The molecule has 1 amide bonds. The van der Waals surface area contributed by atoms with Crippen molar-refractivity contribution >= 4 is 12.1 Å². The van der Waals surface area contributed by atoms with Crippen molar-refractivity contribution in [2.45, 2.75) is 47.1 Å². The second kappa shape index (κ2) is 8.74. The zero-order valence-corrected chi connectivity index (χ0v) is 14.6. The summed E-state index contributed by atoms with van der Waals surface area (Å²) in [5, 5.41) is 3.08. The molecule has 6 nitrogen and oxygen atoms in total. The summed E-state index contributed by atoms with van der Waals surface area (Å²) in [6.45, 7) is 13.8.